The molecule has 3 aliphatic rings. The second-order valence-electron chi connectivity index (χ2n) is 11.3. The molecular weight excluding hydrogens is 388 g/mol. The van der Waals surface area contributed by atoms with E-state index in [1.807, 2.05) is 6.08 Å². The van der Waals surface area contributed by atoms with Crippen LogP contribution >= 0.6 is 0 Å². The first-order valence-electron chi connectivity index (χ1n) is 13.0. The second-order valence-corrected chi connectivity index (χ2v) is 11.3. The van der Waals surface area contributed by atoms with E-state index in [4.69, 9.17) is 0 Å². The van der Waals surface area contributed by atoms with Crippen LogP contribution in [-0.4, -0.2) is 6.04 Å². The van der Waals surface area contributed by atoms with Gasteiger partial charge in [-0.05, 0) is 105 Å². The fourth-order valence-corrected chi connectivity index (χ4v) is 7.98. The van der Waals surface area contributed by atoms with E-state index in [2.05, 4.69) is 76.0 Å². The lowest BCUT2D eigenvalue weighted by Gasteiger charge is -2.59. The van der Waals surface area contributed by atoms with E-state index in [0.717, 1.165) is 6.42 Å². The van der Waals surface area contributed by atoms with Crippen LogP contribution in [0.5, 0.6) is 0 Å². The SMILES string of the molecule is C=C/C=C1/CCC2(C)C3CCC(C#N)C3CC(c3ccc(NC(C)C)cc3)C2C1CCC. The van der Waals surface area contributed by atoms with Gasteiger partial charge in [0.1, 0.15) is 0 Å². The summed E-state index contributed by atoms with van der Waals surface area (Å²) in [5.74, 6) is 3.35. The van der Waals surface area contributed by atoms with Gasteiger partial charge in [0.25, 0.3) is 0 Å². The number of rotatable bonds is 6. The first kappa shape index (κ1) is 23.2. The van der Waals surface area contributed by atoms with Gasteiger partial charge in [0.05, 0.1) is 6.07 Å². The van der Waals surface area contributed by atoms with Crippen molar-refractivity contribution in [2.45, 2.75) is 84.6 Å². The third-order valence-electron chi connectivity index (χ3n) is 9.14. The number of nitrogens with zero attached hydrogens (tertiary/aromatic N) is 1. The van der Waals surface area contributed by atoms with Crippen LogP contribution in [0.25, 0.3) is 0 Å². The highest BCUT2D eigenvalue weighted by Crippen LogP contribution is 2.67. The maximum Gasteiger partial charge on any atom is 0.0658 e. The minimum atomic E-state index is 0.247. The zero-order valence-electron chi connectivity index (χ0n) is 20.6. The zero-order chi connectivity index (χ0) is 22.9. The van der Waals surface area contributed by atoms with Gasteiger partial charge in [0.15, 0.2) is 0 Å². The number of hydrogen-bond donors (Lipinski definition) is 1. The maximum absolute atomic E-state index is 9.93. The molecule has 1 aromatic carbocycles. The summed E-state index contributed by atoms with van der Waals surface area (Å²) in [5, 5.41) is 13.5. The molecule has 7 unspecified atom stereocenters. The summed E-state index contributed by atoms with van der Waals surface area (Å²) in [6.07, 6.45) is 12.8. The number of anilines is 1. The monoisotopic (exact) mass is 430 g/mol. The zero-order valence-corrected chi connectivity index (χ0v) is 20.6. The number of benzene rings is 1. The Morgan fingerprint density at radius 3 is 2.62 bits per heavy atom. The topological polar surface area (TPSA) is 35.8 Å². The molecule has 0 amide bonds. The molecule has 0 heterocycles. The molecule has 0 spiro atoms. The van der Waals surface area contributed by atoms with Crippen LogP contribution in [0.3, 0.4) is 0 Å². The number of nitrogens with one attached hydrogen (secondary N) is 1. The van der Waals surface area contributed by atoms with Gasteiger partial charge in [-0.1, -0.05) is 56.7 Å². The molecule has 0 bridgehead atoms. The Balaban J connectivity index is 1.77. The maximum atomic E-state index is 9.93. The molecule has 2 heteroatoms. The Labute approximate surface area is 196 Å². The normalized spacial score (nSPS) is 37.6. The van der Waals surface area contributed by atoms with Crippen molar-refractivity contribution in [1.82, 2.24) is 0 Å². The molecule has 3 aliphatic carbocycles. The fourth-order valence-electron chi connectivity index (χ4n) is 7.98. The van der Waals surface area contributed by atoms with Gasteiger partial charge < -0.3 is 5.32 Å². The predicted octanol–water partition coefficient (Wildman–Crippen LogP) is 8.11. The van der Waals surface area contributed by atoms with Gasteiger partial charge in [-0.3, -0.25) is 0 Å². The lowest BCUT2D eigenvalue weighted by atomic mass is 9.45. The summed E-state index contributed by atoms with van der Waals surface area (Å²) in [5.41, 5.74) is 4.64. The summed E-state index contributed by atoms with van der Waals surface area (Å²) < 4.78 is 0. The molecular formula is C30H42N2. The molecule has 0 saturated heterocycles. The van der Waals surface area contributed by atoms with Gasteiger partial charge >= 0.3 is 0 Å². The summed E-state index contributed by atoms with van der Waals surface area (Å²) in [4.78, 5) is 0. The van der Waals surface area contributed by atoms with Gasteiger partial charge in [-0.15, -0.1) is 0 Å². The Morgan fingerprint density at radius 1 is 1.25 bits per heavy atom. The van der Waals surface area contributed by atoms with Crippen molar-refractivity contribution >= 4 is 5.69 Å². The van der Waals surface area contributed by atoms with Crippen LogP contribution in [0.2, 0.25) is 0 Å². The van der Waals surface area contributed by atoms with Crippen molar-refractivity contribution in [1.29, 1.82) is 5.26 Å². The first-order valence-corrected chi connectivity index (χ1v) is 13.0. The van der Waals surface area contributed by atoms with Gasteiger partial charge in [-0.25, -0.2) is 0 Å². The van der Waals surface area contributed by atoms with Gasteiger partial charge in [0, 0.05) is 17.6 Å². The average molecular weight is 431 g/mol. The largest absolute Gasteiger partial charge is 0.383 e. The van der Waals surface area contributed by atoms with Crippen molar-refractivity contribution in [3.05, 3.63) is 54.1 Å². The smallest absolute Gasteiger partial charge is 0.0658 e. The lowest BCUT2D eigenvalue weighted by molar-refractivity contribution is -0.0564. The van der Waals surface area contributed by atoms with Gasteiger partial charge in [-0.2, -0.15) is 5.26 Å². The molecule has 0 radical (unpaired) electrons. The fraction of sp³-hybridized carbons (Fsp3) is 0.633. The third-order valence-corrected chi connectivity index (χ3v) is 9.14. The van der Waals surface area contributed by atoms with E-state index in [0.29, 0.717) is 41.0 Å². The van der Waals surface area contributed by atoms with Crippen molar-refractivity contribution < 1.29 is 0 Å². The molecule has 7 atom stereocenters. The van der Waals surface area contributed by atoms with E-state index in [9.17, 15) is 5.26 Å². The second kappa shape index (κ2) is 9.46. The van der Waals surface area contributed by atoms with Crippen LogP contribution in [0, 0.1) is 46.3 Å². The van der Waals surface area contributed by atoms with Crippen molar-refractivity contribution in [2.24, 2.45) is 35.0 Å². The Hall–Kier alpha value is -2.01. The van der Waals surface area contributed by atoms with Crippen molar-refractivity contribution in [3.63, 3.8) is 0 Å². The summed E-state index contributed by atoms with van der Waals surface area (Å²) >= 11 is 0. The lowest BCUT2D eigenvalue weighted by Crippen LogP contribution is -2.51. The molecule has 4 rings (SSSR count). The van der Waals surface area contributed by atoms with E-state index in [-0.39, 0.29) is 5.92 Å². The summed E-state index contributed by atoms with van der Waals surface area (Å²) in [6.45, 7) is 13.4. The van der Waals surface area contributed by atoms with Crippen LogP contribution in [0.4, 0.5) is 5.69 Å². The summed E-state index contributed by atoms with van der Waals surface area (Å²) in [6, 6.07) is 12.4. The minimum Gasteiger partial charge on any atom is -0.383 e. The molecule has 0 aliphatic heterocycles. The number of nitriles is 1. The minimum absolute atomic E-state index is 0.247. The Kier molecular flexibility index (Phi) is 6.85. The molecule has 1 aromatic rings. The molecule has 172 valence electrons. The number of hydrogen-bond acceptors (Lipinski definition) is 2. The van der Waals surface area contributed by atoms with Crippen LogP contribution in [-0.2, 0) is 0 Å². The highest BCUT2D eigenvalue weighted by molar-refractivity contribution is 5.46. The van der Waals surface area contributed by atoms with E-state index in [1.54, 1.807) is 5.57 Å². The number of fused-ring (bicyclic) bond motifs is 3. The van der Waals surface area contributed by atoms with Crippen molar-refractivity contribution in [3.8, 4) is 6.07 Å². The molecule has 3 saturated carbocycles. The van der Waals surface area contributed by atoms with E-state index < -0.39 is 0 Å². The van der Waals surface area contributed by atoms with Crippen LogP contribution < -0.4 is 5.32 Å². The molecule has 0 aromatic heterocycles. The molecule has 1 N–H and O–H groups in total. The van der Waals surface area contributed by atoms with E-state index in [1.165, 1.54) is 49.8 Å². The molecule has 32 heavy (non-hydrogen) atoms. The Morgan fingerprint density at radius 2 is 2.00 bits per heavy atom. The number of allylic oxidation sites excluding steroid dienone is 3. The standard InChI is InChI=1S/C30H42N2/c1-6-8-21-16-17-30(5)28-15-12-23(19-31)26(28)18-27(29(30)25(21)9-7-2)22-10-13-24(14-11-22)32-20(3)4/h6,8,10-11,13-14,20,23,25-29,32H,1,7,9,12,15-18H2,2-5H3/b21-8-. The highest BCUT2D eigenvalue weighted by atomic mass is 14.9. The quantitative estimate of drug-likeness (QED) is 0.495. The van der Waals surface area contributed by atoms with E-state index >= 15 is 0 Å². The predicted molar refractivity (Wildman–Crippen MR) is 135 cm³/mol. The summed E-state index contributed by atoms with van der Waals surface area (Å²) in [7, 11) is 0. The Bertz CT molecular complexity index is 873. The van der Waals surface area contributed by atoms with Crippen molar-refractivity contribution in [2.75, 3.05) is 5.32 Å². The molecule has 2 nitrogen and oxygen atoms in total. The van der Waals surface area contributed by atoms with Gasteiger partial charge in [0.2, 0.25) is 0 Å². The van der Waals surface area contributed by atoms with Crippen LogP contribution in [0.15, 0.2) is 48.6 Å². The first-order chi connectivity index (χ1) is 15.4. The third kappa shape index (κ3) is 4.05. The average Bonchev–Trinajstić information content (AvgIpc) is 3.19. The highest BCUT2D eigenvalue weighted by Gasteiger charge is 2.59. The van der Waals surface area contributed by atoms with Crippen LogP contribution in [0.1, 0.15) is 84.1 Å². The molecule has 3 fully saturated rings.